The van der Waals surface area contributed by atoms with E-state index in [1.807, 2.05) is 18.3 Å². The molecule has 24 heavy (non-hydrogen) atoms. The molecular formula is C19H20N4O. The average molecular weight is 320 g/mol. The van der Waals surface area contributed by atoms with Gasteiger partial charge in [0.1, 0.15) is 5.69 Å². The fourth-order valence-electron chi connectivity index (χ4n) is 4.41. The highest BCUT2D eigenvalue weighted by atomic mass is 16.5. The first-order valence-electron chi connectivity index (χ1n) is 8.68. The molecule has 3 atom stereocenters. The second-order valence-corrected chi connectivity index (χ2v) is 6.76. The highest BCUT2D eigenvalue weighted by molar-refractivity contribution is 5.46. The van der Waals surface area contributed by atoms with Crippen LogP contribution in [-0.2, 0) is 0 Å². The summed E-state index contributed by atoms with van der Waals surface area (Å²) < 4.78 is 5.50. The maximum atomic E-state index is 5.50. The first kappa shape index (κ1) is 14.0. The monoisotopic (exact) mass is 320 g/mol. The maximum absolute atomic E-state index is 5.50. The molecule has 2 aliphatic rings. The number of benzene rings is 1. The van der Waals surface area contributed by atoms with Crippen molar-refractivity contribution in [3.63, 3.8) is 0 Å². The van der Waals surface area contributed by atoms with Gasteiger partial charge in [-0.3, -0.25) is 4.90 Å². The molecule has 2 saturated heterocycles. The molecule has 0 amide bonds. The number of aromatic amines is 1. The Morgan fingerprint density at radius 1 is 1.12 bits per heavy atom. The minimum Gasteiger partial charge on any atom is -0.357 e. The molecule has 0 spiro atoms. The normalized spacial score (nSPS) is 26.8. The summed E-state index contributed by atoms with van der Waals surface area (Å²) in [6.45, 7) is 1.17. The number of aromatic nitrogens is 3. The van der Waals surface area contributed by atoms with Gasteiger partial charge >= 0.3 is 0 Å². The average Bonchev–Trinajstić information content (AvgIpc) is 3.37. The van der Waals surface area contributed by atoms with Gasteiger partial charge in [0.25, 0.3) is 5.89 Å². The highest BCUT2D eigenvalue weighted by Gasteiger charge is 2.46. The van der Waals surface area contributed by atoms with E-state index in [1.165, 1.54) is 24.9 Å². The van der Waals surface area contributed by atoms with Crippen LogP contribution in [-0.4, -0.2) is 32.6 Å². The van der Waals surface area contributed by atoms with E-state index in [2.05, 4.69) is 50.4 Å². The molecule has 1 N–H and O–H groups in total. The van der Waals surface area contributed by atoms with Gasteiger partial charge in [-0.25, -0.2) is 0 Å². The van der Waals surface area contributed by atoms with Gasteiger partial charge in [0, 0.05) is 24.2 Å². The van der Waals surface area contributed by atoms with Crippen LogP contribution in [0.1, 0.15) is 42.6 Å². The van der Waals surface area contributed by atoms with Crippen molar-refractivity contribution in [2.45, 2.75) is 37.3 Å². The summed E-state index contributed by atoms with van der Waals surface area (Å²) in [5.74, 6) is 1.79. The van der Waals surface area contributed by atoms with Gasteiger partial charge in [-0.15, -0.1) is 0 Å². The number of hydrogen-bond acceptors (Lipinski definition) is 4. The number of fused-ring (bicyclic) bond motifs is 1. The number of rotatable bonds is 3. The minimum atomic E-state index is 0.352. The Kier molecular flexibility index (Phi) is 3.26. The highest BCUT2D eigenvalue weighted by Crippen LogP contribution is 2.48. The van der Waals surface area contributed by atoms with Gasteiger partial charge in [0.05, 0.1) is 0 Å². The van der Waals surface area contributed by atoms with Crippen LogP contribution in [0.2, 0.25) is 0 Å². The molecule has 122 valence electrons. The third kappa shape index (κ3) is 2.19. The largest absolute Gasteiger partial charge is 0.357 e. The van der Waals surface area contributed by atoms with Gasteiger partial charge in [-0.2, -0.15) is 4.98 Å². The molecule has 0 unspecified atom stereocenters. The Balaban J connectivity index is 1.46. The lowest BCUT2D eigenvalue weighted by Gasteiger charge is -2.24. The Hall–Kier alpha value is -2.40. The van der Waals surface area contributed by atoms with E-state index < -0.39 is 0 Å². The molecule has 0 saturated carbocycles. The zero-order valence-corrected chi connectivity index (χ0v) is 13.4. The Bertz CT molecular complexity index is 811. The van der Waals surface area contributed by atoms with Gasteiger partial charge < -0.3 is 9.51 Å². The minimum absolute atomic E-state index is 0.352. The van der Waals surface area contributed by atoms with Crippen molar-refractivity contribution in [1.82, 2.24) is 20.0 Å². The van der Waals surface area contributed by atoms with Crippen molar-refractivity contribution >= 4 is 0 Å². The number of hydrogen-bond donors (Lipinski definition) is 1. The van der Waals surface area contributed by atoms with Crippen LogP contribution in [0.4, 0.5) is 0 Å². The van der Waals surface area contributed by atoms with Crippen LogP contribution in [0.15, 0.2) is 53.2 Å². The molecule has 5 nitrogen and oxygen atoms in total. The summed E-state index contributed by atoms with van der Waals surface area (Å²) >= 11 is 0. The quantitative estimate of drug-likeness (QED) is 0.798. The van der Waals surface area contributed by atoms with Crippen molar-refractivity contribution in [3.05, 3.63) is 60.0 Å². The zero-order valence-electron chi connectivity index (χ0n) is 13.4. The van der Waals surface area contributed by atoms with Gasteiger partial charge in [0.15, 0.2) is 5.82 Å². The van der Waals surface area contributed by atoms with E-state index in [0.29, 0.717) is 23.9 Å². The Morgan fingerprint density at radius 2 is 2.04 bits per heavy atom. The van der Waals surface area contributed by atoms with E-state index in [-0.39, 0.29) is 0 Å². The van der Waals surface area contributed by atoms with E-state index in [1.54, 1.807) is 0 Å². The Labute approximate surface area is 140 Å². The number of nitrogens with one attached hydrogen (secondary N) is 1. The summed E-state index contributed by atoms with van der Waals surface area (Å²) in [6.07, 6.45) is 5.42. The summed E-state index contributed by atoms with van der Waals surface area (Å²) in [7, 11) is 0. The van der Waals surface area contributed by atoms with Crippen molar-refractivity contribution in [1.29, 1.82) is 0 Å². The Morgan fingerprint density at radius 3 is 2.88 bits per heavy atom. The third-order valence-electron chi connectivity index (χ3n) is 5.47. The summed E-state index contributed by atoms with van der Waals surface area (Å²) in [6, 6.07) is 15.7. The molecule has 4 heterocycles. The van der Waals surface area contributed by atoms with E-state index in [4.69, 9.17) is 4.52 Å². The van der Waals surface area contributed by atoms with Gasteiger partial charge in [-0.1, -0.05) is 35.5 Å². The van der Waals surface area contributed by atoms with Crippen LogP contribution in [0.25, 0.3) is 11.6 Å². The van der Waals surface area contributed by atoms with Crippen molar-refractivity contribution in [2.75, 3.05) is 6.54 Å². The van der Waals surface area contributed by atoms with E-state index in [9.17, 15) is 0 Å². The predicted octanol–water partition coefficient (Wildman–Crippen LogP) is 3.76. The van der Waals surface area contributed by atoms with Crippen molar-refractivity contribution < 1.29 is 4.52 Å². The molecule has 0 aliphatic carbocycles. The standard InChI is InChI=1S/C19H20N4O/c1-2-6-13(7-3-1)17-12-14(16-9-5-11-23(16)17)18-21-19(24-22-18)15-8-4-10-20-15/h1-4,6-8,10,14,16-17,20H,5,9,11-12H2/t14-,16+,17-/m0/s1. The van der Waals surface area contributed by atoms with Crippen molar-refractivity contribution in [2.24, 2.45) is 0 Å². The first-order chi connectivity index (χ1) is 11.9. The molecule has 2 fully saturated rings. The fourth-order valence-corrected chi connectivity index (χ4v) is 4.41. The molecule has 3 aromatic rings. The molecule has 0 radical (unpaired) electrons. The molecule has 0 bridgehead atoms. The first-order valence-corrected chi connectivity index (χ1v) is 8.68. The second-order valence-electron chi connectivity index (χ2n) is 6.76. The fraction of sp³-hybridized carbons (Fsp3) is 0.368. The molecule has 5 rings (SSSR count). The zero-order chi connectivity index (χ0) is 15.9. The van der Waals surface area contributed by atoms with E-state index >= 15 is 0 Å². The molecule has 5 heteroatoms. The molecule has 2 aromatic heterocycles. The van der Waals surface area contributed by atoms with Crippen molar-refractivity contribution in [3.8, 4) is 11.6 Å². The summed E-state index contributed by atoms with van der Waals surface area (Å²) in [5.41, 5.74) is 2.29. The van der Waals surface area contributed by atoms with Gasteiger partial charge in [-0.05, 0) is 43.5 Å². The smallest absolute Gasteiger partial charge is 0.274 e. The molecule has 2 aliphatic heterocycles. The number of H-pyrrole nitrogens is 1. The topological polar surface area (TPSA) is 58.0 Å². The molecule has 1 aromatic carbocycles. The lowest BCUT2D eigenvalue weighted by Crippen LogP contribution is -2.27. The van der Waals surface area contributed by atoms with Crippen LogP contribution < -0.4 is 0 Å². The lowest BCUT2D eigenvalue weighted by molar-refractivity contribution is 0.243. The molecular weight excluding hydrogens is 300 g/mol. The SMILES string of the molecule is c1ccc([C@@H]2C[C@H](c3noc(-c4ccc[nH]4)n3)[C@H]3CCCN32)cc1. The number of nitrogens with zero attached hydrogens (tertiary/aromatic N) is 3. The van der Waals surface area contributed by atoms with E-state index in [0.717, 1.165) is 17.9 Å². The van der Waals surface area contributed by atoms with Crippen LogP contribution in [0, 0.1) is 0 Å². The van der Waals surface area contributed by atoms with Crippen LogP contribution in [0.3, 0.4) is 0 Å². The summed E-state index contributed by atoms with van der Waals surface area (Å²) in [4.78, 5) is 10.5. The van der Waals surface area contributed by atoms with Crippen LogP contribution >= 0.6 is 0 Å². The summed E-state index contributed by atoms with van der Waals surface area (Å²) in [5, 5.41) is 4.31. The second kappa shape index (κ2) is 5.60. The van der Waals surface area contributed by atoms with Gasteiger partial charge in [0.2, 0.25) is 0 Å². The maximum Gasteiger partial charge on any atom is 0.274 e. The van der Waals surface area contributed by atoms with Crippen LogP contribution in [0.5, 0.6) is 0 Å². The lowest BCUT2D eigenvalue weighted by atomic mass is 9.94. The third-order valence-corrected chi connectivity index (χ3v) is 5.47. The predicted molar refractivity (Wildman–Crippen MR) is 90.4 cm³/mol.